The highest BCUT2D eigenvalue weighted by molar-refractivity contribution is 7.99. The van der Waals surface area contributed by atoms with E-state index in [4.69, 9.17) is 0 Å². The summed E-state index contributed by atoms with van der Waals surface area (Å²) in [5.74, 6) is 0. The molecule has 0 spiro atoms. The Bertz CT molecular complexity index is 429. The monoisotopic (exact) mass is 222 g/mol. The molecule has 1 atom stereocenters. The van der Waals surface area contributed by atoms with Gasteiger partial charge >= 0.3 is 0 Å². The molecule has 0 unspecified atom stereocenters. The molecule has 0 bridgehead atoms. The van der Waals surface area contributed by atoms with E-state index in [1.54, 1.807) is 19.2 Å². The van der Waals surface area contributed by atoms with Gasteiger partial charge in [0.15, 0.2) is 5.16 Å². The minimum atomic E-state index is -0.538. The van der Waals surface area contributed by atoms with Gasteiger partial charge in [0, 0.05) is 11.8 Å². The lowest BCUT2D eigenvalue weighted by Gasteiger charge is -2.08. The molecule has 0 fully saturated rings. The number of nitrogens with zero attached hydrogens (tertiary/aromatic N) is 3. The molecule has 2 aromatic rings. The van der Waals surface area contributed by atoms with Crippen molar-refractivity contribution in [2.75, 3.05) is 0 Å². The highest BCUT2D eigenvalue weighted by Crippen LogP contribution is 2.28. The van der Waals surface area contributed by atoms with E-state index in [9.17, 15) is 5.11 Å². The van der Waals surface area contributed by atoms with Crippen molar-refractivity contribution in [3.05, 3.63) is 30.2 Å². The van der Waals surface area contributed by atoms with E-state index in [1.165, 1.54) is 18.1 Å². The van der Waals surface area contributed by atoms with Gasteiger partial charge in [-0.1, -0.05) is 6.07 Å². The number of pyridine rings is 1. The highest BCUT2D eigenvalue weighted by Gasteiger charge is 2.10. The lowest BCUT2D eigenvalue weighted by Crippen LogP contribution is -1.96. The van der Waals surface area contributed by atoms with Crippen LogP contribution in [0.4, 0.5) is 0 Å². The number of aromatic nitrogens is 4. The largest absolute Gasteiger partial charge is 0.389 e. The third-order valence-corrected chi connectivity index (χ3v) is 2.76. The van der Waals surface area contributed by atoms with Gasteiger partial charge in [-0.15, -0.1) is 0 Å². The SMILES string of the molecule is C[C@H](O)c1cccnc1Sc1ncn[nH]1. The molecule has 78 valence electrons. The van der Waals surface area contributed by atoms with Gasteiger partial charge in [0.05, 0.1) is 6.10 Å². The predicted octanol–water partition coefficient (Wildman–Crippen LogP) is 1.40. The molecular formula is C9H10N4OS. The smallest absolute Gasteiger partial charge is 0.189 e. The second-order valence-corrected chi connectivity index (χ2v) is 3.94. The number of H-pyrrole nitrogens is 1. The van der Waals surface area contributed by atoms with Crippen molar-refractivity contribution >= 4 is 11.8 Å². The van der Waals surface area contributed by atoms with Gasteiger partial charge in [-0.3, -0.25) is 5.10 Å². The predicted molar refractivity (Wildman–Crippen MR) is 55.4 cm³/mol. The van der Waals surface area contributed by atoms with Crippen LogP contribution in [0.15, 0.2) is 34.8 Å². The number of aliphatic hydroxyl groups is 1. The van der Waals surface area contributed by atoms with E-state index in [0.29, 0.717) is 5.16 Å². The first-order valence-electron chi connectivity index (χ1n) is 4.43. The number of hydrogen-bond acceptors (Lipinski definition) is 5. The van der Waals surface area contributed by atoms with Crippen LogP contribution >= 0.6 is 11.8 Å². The first kappa shape index (κ1) is 10.1. The van der Waals surface area contributed by atoms with Gasteiger partial charge in [0.1, 0.15) is 11.4 Å². The molecule has 6 heteroatoms. The third kappa shape index (κ3) is 2.34. The van der Waals surface area contributed by atoms with Gasteiger partial charge < -0.3 is 5.11 Å². The van der Waals surface area contributed by atoms with Gasteiger partial charge in [-0.05, 0) is 24.8 Å². The summed E-state index contributed by atoms with van der Waals surface area (Å²) in [6.07, 6.45) is 2.59. The Kier molecular flexibility index (Phi) is 2.98. The molecule has 0 aliphatic carbocycles. The van der Waals surface area contributed by atoms with Crippen molar-refractivity contribution in [1.82, 2.24) is 20.2 Å². The lowest BCUT2D eigenvalue weighted by molar-refractivity contribution is 0.195. The average molecular weight is 222 g/mol. The van der Waals surface area contributed by atoms with Gasteiger partial charge in [0.25, 0.3) is 0 Å². The fourth-order valence-electron chi connectivity index (χ4n) is 1.14. The highest BCUT2D eigenvalue weighted by atomic mass is 32.2. The van der Waals surface area contributed by atoms with Crippen LogP contribution in [0.25, 0.3) is 0 Å². The summed E-state index contributed by atoms with van der Waals surface area (Å²) in [5.41, 5.74) is 0.791. The van der Waals surface area contributed by atoms with Crippen molar-refractivity contribution < 1.29 is 5.11 Å². The van der Waals surface area contributed by atoms with Crippen LogP contribution < -0.4 is 0 Å². The van der Waals surface area contributed by atoms with Crippen molar-refractivity contribution in [3.63, 3.8) is 0 Å². The Balaban J connectivity index is 2.28. The van der Waals surface area contributed by atoms with E-state index in [0.717, 1.165) is 10.6 Å². The second-order valence-electron chi connectivity index (χ2n) is 2.97. The minimum absolute atomic E-state index is 0.538. The summed E-state index contributed by atoms with van der Waals surface area (Å²) in [7, 11) is 0. The number of rotatable bonds is 3. The van der Waals surface area contributed by atoms with E-state index < -0.39 is 6.10 Å². The summed E-state index contributed by atoms with van der Waals surface area (Å²) in [5, 5.41) is 17.4. The molecule has 0 aliphatic rings. The quantitative estimate of drug-likeness (QED) is 0.821. The zero-order chi connectivity index (χ0) is 10.7. The summed E-state index contributed by atoms with van der Waals surface area (Å²) in [4.78, 5) is 8.18. The second kappa shape index (κ2) is 4.41. The fraction of sp³-hybridized carbons (Fsp3) is 0.222. The van der Waals surface area contributed by atoms with Crippen molar-refractivity contribution in [2.45, 2.75) is 23.2 Å². The van der Waals surface area contributed by atoms with Gasteiger partial charge in [-0.2, -0.15) is 5.10 Å². The molecule has 2 heterocycles. The van der Waals surface area contributed by atoms with Crippen LogP contribution in [0.5, 0.6) is 0 Å². The van der Waals surface area contributed by atoms with Crippen LogP contribution in [0.2, 0.25) is 0 Å². The van der Waals surface area contributed by atoms with Crippen molar-refractivity contribution in [3.8, 4) is 0 Å². The van der Waals surface area contributed by atoms with E-state index in [1.807, 2.05) is 6.07 Å². The molecular weight excluding hydrogens is 212 g/mol. The van der Waals surface area contributed by atoms with Crippen LogP contribution in [0.3, 0.4) is 0 Å². The Hall–Kier alpha value is -1.40. The third-order valence-electron chi connectivity index (χ3n) is 1.84. The molecule has 2 N–H and O–H groups in total. The van der Waals surface area contributed by atoms with E-state index in [2.05, 4.69) is 20.2 Å². The number of hydrogen-bond donors (Lipinski definition) is 2. The molecule has 0 amide bonds. The summed E-state index contributed by atoms with van der Waals surface area (Å²) >= 11 is 1.35. The molecule has 0 aliphatic heterocycles. The van der Waals surface area contributed by atoms with Crippen molar-refractivity contribution in [2.24, 2.45) is 0 Å². The van der Waals surface area contributed by atoms with Gasteiger partial charge in [0.2, 0.25) is 0 Å². The Labute approximate surface area is 91.0 Å². The lowest BCUT2D eigenvalue weighted by atomic mass is 10.2. The standard InChI is InChI=1S/C9H10N4OS/c1-6(14)7-3-2-4-10-8(7)15-9-11-5-12-13-9/h2-6,14H,1H3,(H,11,12,13)/t6-/m0/s1. The van der Waals surface area contributed by atoms with Gasteiger partial charge in [-0.25, -0.2) is 9.97 Å². The Morgan fingerprint density at radius 2 is 2.33 bits per heavy atom. The molecule has 0 saturated carbocycles. The molecule has 0 aromatic carbocycles. The first-order valence-corrected chi connectivity index (χ1v) is 5.25. The van der Waals surface area contributed by atoms with E-state index in [-0.39, 0.29) is 0 Å². The summed E-state index contributed by atoms with van der Waals surface area (Å²) < 4.78 is 0. The molecule has 5 nitrogen and oxygen atoms in total. The number of aromatic amines is 1. The van der Waals surface area contributed by atoms with E-state index >= 15 is 0 Å². The van der Waals surface area contributed by atoms with Crippen LogP contribution in [0.1, 0.15) is 18.6 Å². The maximum atomic E-state index is 9.53. The zero-order valence-electron chi connectivity index (χ0n) is 8.08. The molecule has 2 rings (SSSR count). The summed E-state index contributed by atoms with van der Waals surface area (Å²) in [6, 6.07) is 3.64. The number of aliphatic hydroxyl groups excluding tert-OH is 1. The molecule has 15 heavy (non-hydrogen) atoms. The molecule has 2 aromatic heterocycles. The Morgan fingerprint density at radius 3 is 3.00 bits per heavy atom. The Morgan fingerprint density at radius 1 is 1.47 bits per heavy atom. The summed E-state index contributed by atoms with van der Waals surface area (Å²) in [6.45, 7) is 1.71. The molecule has 0 saturated heterocycles. The van der Waals surface area contributed by atoms with Crippen LogP contribution in [0, 0.1) is 0 Å². The number of nitrogens with one attached hydrogen (secondary N) is 1. The zero-order valence-corrected chi connectivity index (χ0v) is 8.90. The van der Waals surface area contributed by atoms with Crippen molar-refractivity contribution in [1.29, 1.82) is 0 Å². The molecule has 0 radical (unpaired) electrons. The average Bonchev–Trinajstić information content (AvgIpc) is 2.71. The maximum absolute atomic E-state index is 9.53. The van der Waals surface area contributed by atoms with Crippen LogP contribution in [-0.2, 0) is 0 Å². The topological polar surface area (TPSA) is 74.7 Å². The maximum Gasteiger partial charge on any atom is 0.189 e. The van der Waals surface area contributed by atoms with Crippen LogP contribution in [-0.4, -0.2) is 25.3 Å². The normalized spacial score (nSPS) is 12.7. The first-order chi connectivity index (χ1) is 7.27. The fourth-order valence-corrected chi connectivity index (χ4v) is 1.99. The minimum Gasteiger partial charge on any atom is -0.389 e.